The topological polar surface area (TPSA) is 91.2 Å². The van der Waals surface area contributed by atoms with Crippen molar-refractivity contribution in [3.8, 4) is 6.07 Å². The van der Waals surface area contributed by atoms with Gasteiger partial charge in [0.05, 0.1) is 12.2 Å². The van der Waals surface area contributed by atoms with Gasteiger partial charge in [-0.15, -0.1) is 22.7 Å². The Morgan fingerprint density at radius 3 is 3.04 bits per heavy atom. The SMILES string of the molecule is CNC(=O)OCC1CCc2c(sc(NC(=O)C=Cc3cccs3)c2C#N)C1. The van der Waals surface area contributed by atoms with Crippen molar-refractivity contribution in [2.75, 3.05) is 19.0 Å². The fourth-order valence-electron chi connectivity index (χ4n) is 2.97. The van der Waals surface area contributed by atoms with Crippen LogP contribution in [0.4, 0.5) is 9.80 Å². The minimum Gasteiger partial charge on any atom is -0.449 e. The number of anilines is 1. The van der Waals surface area contributed by atoms with Crippen LogP contribution in [0.15, 0.2) is 23.6 Å². The molecule has 6 nitrogen and oxygen atoms in total. The van der Waals surface area contributed by atoms with Gasteiger partial charge in [0.25, 0.3) is 0 Å². The quantitative estimate of drug-likeness (QED) is 0.746. The van der Waals surface area contributed by atoms with E-state index in [1.165, 1.54) is 24.5 Å². The maximum absolute atomic E-state index is 12.2. The van der Waals surface area contributed by atoms with Crippen LogP contribution in [0.5, 0.6) is 0 Å². The molecule has 0 bridgehead atoms. The number of carbonyl (C=O) groups excluding carboxylic acids is 2. The van der Waals surface area contributed by atoms with Gasteiger partial charge in [-0.05, 0) is 48.3 Å². The molecule has 2 aromatic rings. The summed E-state index contributed by atoms with van der Waals surface area (Å²) < 4.78 is 5.15. The molecule has 140 valence electrons. The monoisotopic (exact) mass is 401 g/mol. The summed E-state index contributed by atoms with van der Waals surface area (Å²) in [6.45, 7) is 0.351. The summed E-state index contributed by atoms with van der Waals surface area (Å²) in [6.07, 6.45) is 5.14. The lowest BCUT2D eigenvalue weighted by molar-refractivity contribution is -0.111. The van der Waals surface area contributed by atoms with Gasteiger partial charge in [-0.1, -0.05) is 6.07 Å². The summed E-state index contributed by atoms with van der Waals surface area (Å²) in [5.41, 5.74) is 1.56. The molecule has 0 fully saturated rings. The van der Waals surface area contributed by atoms with Crippen LogP contribution < -0.4 is 10.6 Å². The number of carbonyl (C=O) groups is 2. The molecular weight excluding hydrogens is 382 g/mol. The average Bonchev–Trinajstić information content (AvgIpc) is 3.31. The number of thiophene rings is 2. The van der Waals surface area contributed by atoms with Crippen molar-refractivity contribution in [1.29, 1.82) is 5.26 Å². The van der Waals surface area contributed by atoms with Crippen LogP contribution in [-0.2, 0) is 22.4 Å². The fourth-order valence-corrected chi connectivity index (χ4v) is 4.90. The van der Waals surface area contributed by atoms with E-state index in [4.69, 9.17) is 4.74 Å². The van der Waals surface area contributed by atoms with Crippen LogP contribution >= 0.6 is 22.7 Å². The molecule has 27 heavy (non-hydrogen) atoms. The molecule has 8 heteroatoms. The van der Waals surface area contributed by atoms with E-state index in [1.54, 1.807) is 17.4 Å². The minimum atomic E-state index is -0.435. The Morgan fingerprint density at radius 2 is 2.33 bits per heavy atom. The third-order valence-corrected chi connectivity index (χ3v) is 6.32. The molecule has 1 atom stereocenters. The van der Waals surface area contributed by atoms with Crippen molar-refractivity contribution in [1.82, 2.24) is 5.32 Å². The molecule has 2 amide bonds. The maximum atomic E-state index is 12.2. The van der Waals surface area contributed by atoms with E-state index in [-0.39, 0.29) is 11.8 Å². The van der Waals surface area contributed by atoms with Gasteiger partial charge in [-0.2, -0.15) is 5.26 Å². The third kappa shape index (κ3) is 4.76. The number of hydrogen-bond donors (Lipinski definition) is 2. The lowest BCUT2D eigenvalue weighted by Crippen LogP contribution is -2.25. The molecule has 1 aliphatic carbocycles. The van der Waals surface area contributed by atoms with E-state index in [1.807, 2.05) is 17.5 Å². The predicted molar refractivity (Wildman–Crippen MR) is 107 cm³/mol. The number of rotatable bonds is 5. The summed E-state index contributed by atoms with van der Waals surface area (Å²) in [6, 6.07) is 6.09. The van der Waals surface area contributed by atoms with E-state index >= 15 is 0 Å². The normalized spacial score (nSPS) is 15.8. The van der Waals surface area contributed by atoms with Crippen molar-refractivity contribution in [3.63, 3.8) is 0 Å². The molecule has 0 aromatic carbocycles. The van der Waals surface area contributed by atoms with Crippen LogP contribution in [0.25, 0.3) is 6.08 Å². The van der Waals surface area contributed by atoms with Crippen LogP contribution in [0.2, 0.25) is 0 Å². The van der Waals surface area contributed by atoms with Gasteiger partial charge >= 0.3 is 6.09 Å². The first-order valence-electron chi connectivity index (χ1n) is 8.52. The Hall–Kier alpha value is -2.63. The largest absolute Gasteiger partial charge is 0.449 e. The maximum Gasteiger partial charge on any atom is 0.406 e. The summed E-state index contributed by atoms with van der Waals surface area (Å²) in [4.78, 5) is 25.5. The Labute approximate surface area is 165 Å². The zero-order valence-corrected chi connectivity index (χ0v) is 16.4. The highest BCUT2D eigenvalue weighted by molar-refractivity contribution is 7.16. The van der Waals surface area contributed by atoms with E-state index in [9.17, 15) is 14.9 Å². The minimum absolute atomic E-state index is 0.224. The van der Waals surface area contributed by atoms with Gasteiger partial charge in [-0.3, -0.25) is 4.79 Å². The fraction of sp³-hybridized carbons (Fsp3) is 0.316. The smallest absolute Gasteiger partial charge is 0.406 e. The number of ether oxygens (including phenoxy) is 1. The number of alkyl carbamates (subject to hydrolysis) is 1. The Bertz CT molecular complexity index is 894. The second-order valence-electron chi connectivity index (χ2n) is 6.12. The zero-order chi connectivity index (χ0) is 19.2. The first-order chi connectivity index (χ1) is 13.1. The molecule has 0 aliphatic heterocycles. The summed E-state index contributed by atoms with van der Waals surface area (Å²) in [5.74, 6) is -0.0275. The summed E-state index contributed by atoms with van der Waals surface area (Å²) >= 11 is 2.99. The first kappa shape index (κ1) is 19.1. The molecule has 3 rings (SSSR count). The van der Waals surface area contributed by atoms with Crippen LogP contribution in [0.3, 0.4) is 0 Å². The molecule has 1 aliphatic rings. The number of nitriles is 1. The van der Waals surface area contributed by atoms with Crippen LogP contribution in [-0.4, -0.2) is 25.7 Å². The number of fused-ring (bicyclic) bond motifs is 1. The van der Waals surface area contributed by atoms with Gasteiger partial charge in [0.15, 0.2) is 0 Å². The molecule has 0 saturated carbocycles. The number of nitrogens with one attached hydrogen (secondary N) is 2. The number of amides is 2. The molecule has 0 saturated heterocycles. The molecule has 2 aromatic heterocycles. The highest BCUT2D eigenvalue weighted by Crippen LogP contribution is 2.39. The number of nitrogens with zero attached hydrogens (tertiary/aromatic N) is 1. The van der Waals surface area contributed by atoms with Gasteiger partial charge in [0.1, 0.15) is 11.1 Å². The third-order valence-electron chi connectivity index (χ3n) is 4.31. The van der Waals surface area contributed by atoms with Gasteiger partial charge in [0.2, 0.25) is 5.91 Å². The Morgan fingerprint density at radius 1 is 1.48 bits per heavy atom. The van der Waals surface area contributed by atoms with Crippen molar-refractivity contribution in [2.45, 2.75) is 19.3 Å². The molecule has 2 N–H and O–H groups in total. The molecule has 1 unspecified atom stereocenters. The van der Waals surface area contributed by atoms with Crippen molar-refractivity contribution in [3.05, 3.63) is 44.5 Å². The zero-order valence-electron chi connectivity index (χ0n) is 14.8. The lowest BCUT2D eigenvalue weighted by Gasteiger charge is -2.21. The van der Waals surface area contributed by atoms with Crippen molar-refractivity contribution < 1.29 is 14.3 Å². The highest BCUT2D eigenvalue weighted by atomic mass is 32.1. The average molecular weight is 402 g/mol. The number of hydrogen-bond acceptors (Lipinski definition) is 6. The van der Waals surface area contributed by atoms with Gasteiger partial charge in [0, 0.05) is 22.9 Å². The van der Waals surface area contributed by atoms with Crippen LogP contribution in [0, 0.1) is 17.2 Å². The highest BCUT2D eigenvalue weighted by Gasteiger charge is 2.27. The second kappa shape index (κ2) is 8.84. The Balaban J connectivity index is 1.68. The molecular formula is C19H19N3O3S2. The first-order valence-corrected chi connectivity index (χ1v) is 10.2. The standard InChI is InChI=1S/C19H19N3O3S2/c1-21-19(24)25-11-12-4-6-14-15(10-20)18(27-16(14)9-12)22-17(23)7-5-13-3-2-8-26-13/h2-3,5,7-8,12H,4,6,9,11H2,1H3,(H,21,24)(H,22,23). The second-order valence-corrected chi connectivity index (χ2v) is 8.20. The van der Waals surface area contributed by atoms with Crippen molar-refractivity contribution in [2.24, 2.45) is 5.92 Å². The lowest BCUT2D eigenvalue weighted by atomic mass is 9.88. The van der Waals surface area contributed by atoms with Crippen LogP contribution in [0.1, 0.15) is 27.3 Å². The van der Waals surface area contributed by atoms with Gasteiger partial charge < -0.3 is 15.4 Å². The Kier molecular flexibility index (Phi) is 6.27. The van der Waals surface area contributed by atoms with E-state index in [2.05, 4.69) is 16.7 Å². The van der Waals surface area contributed by atoms with Crippen molar-refractivity contribution >= 4 is 45.8 Å². The summed E-state index contributed by atoms with van der Waals surface area (Å²) in [7, 11) is 1.53. The van der Waals surface area contributed by atoms with Gasteiger partial charge in [-0.25, -0.2) is 4.79 Å². The van der Waals surface area contributed by atoms with E-state index in [0.29, 0.717) is 17.2 Å². The van der Waals surface area contributed by atoms with E-state index < -0.39 is 6.09 Å². The molecule has 2 heterocycles. The summed E-state index contributed by atoms with van der Waals surface area (Å²) in [5, 5.41) is 17.4. The van der Waals surface area contributed by atoms with E-state index in [0.717, 1.165) is 34.6 Å². The predicted octanol–water partition coefficient (Wildman–Crippen LogP) is 3.79. The molecule has 0 radical (unpaired) electrons. The molecule has 0 spiro atoms.